The van der Waals surface area contributed by atoms with Gasteiger partial charge >= 0.3 is 0 Å². The van der Waals surface area contributed by atoms with E-state index in [1.807, 2.05) is 0 Å². The number of nitrogens with one attached hydrogen (secondary N) is 1. The monoisotopic (exact) mass is 348 g/mol. The van der Waals surface area contributed by atoms with Gasteiger partial charge in [-0.2, -0.15) is 5.26 Å². The molecule has 0 aliphatic heterocycles. The summed E-state index contributed by atoms with van der Waals surface area (Å²) in [6, 6.07) is 14.3. The molecule has 118 valence electrons. The fraction of sp³-hybridized carbons (Fsp3) is 0.0625. The Morgan fingerprint density at radius 3 is 2.52 bits per heavy atom. The molecular weight excluding hydrogens is 336 g/mol. The normalized spacial score (nSPS) is 11.6. The second kappa shape index (κ2) is 7.18. The summed E-state index contributed by atoms with van der Waals surface area (Å²) in [4.78, 5) is -0.335. The van der Waals surface area contributed by atoms with E-state index in [0.717, 1.165) is 6.20 Å². The lowest BCUT2D eigenvalue weighted by Crippen LogP contribution is -2.05. The van der Waals surface area contributed by atoms with Crippen molar-refractivity contribution in [2.24, 2.45) is 0 Å². The maximum atomic E-state index is 12.4. The number of allylic oxidation sites excluding steroid dienone is 1. The first-order valence-corrected chi connectivity index (χ1v) is 8.35. The van der Waals surface area contributed by atoms with Gasteiger partial charge in [-0.25, -0.2) is 8.42 Å². The number of halogens is 1. The van der Waals surface area contributed by atoms with Crippen molar-refractivity contribution >= 4 is 27.1 Å². The van der Waals surface area contributed by atoms with Crippen molar-refractivity contribution in [1.82, 2.24) is 0 Å². The smallest absolute Gasteiger partial charge is 0.218 e. The van der Waals surface area contributed by atoms with Gasteiger partial charge in [-0.1, -0.05) is 29.8 Å². The van der Waals surface area contributed by atoms with E-state index in [1.54, 1.807) is 42.5 Å². The molecule has 0 saturated carbocycles. The second-order valence-corrected chi connectivity index (χ2v) is 6.76. The molecule has 0 bridgehead atoms. The van der Waals surface area contributed by atoms with Crippen molar-refractivity contribution < 1.29 is 13.2 Å². The van der Waals surface area contributed by atoms with Crippen LogP contribution in [0.3, 0.4) is 0 Å². The van der Waals surface area contributed by atoms with Crippen LogP contribution in [0.1, 0.15) is 0 Å². The van der Waals surface area contributed by atoms with Gasteiger partial charge in [0.2, 0.25) is 9.84 Å². The third-order valence-electron chi connectivity index (χ3n) is 2.97. The second-order valence-electron chi connectivity index (χ2n) is 4.43. The predicted octanol–water partition coefficient (Wildman–Crippen LogP) is 3.60. The molecule has 0 radical (unpaired) electrons. The summed E-state index contributed by atoms with van der Waals surface area (Å²) in [5.74, 6) is 0.499. The Labute approximate surface area is 139 Å². The van der Waals surface area contributed by atoms with Crippen LogP contribution < -0.4 is 10.1 Å². The third-order valence-corrected chi connectivity index (χ3v) is 4.95. The molecule has 23 heavy (non-hydrogen) atoms. The average molecular weight is 349 g/mol. The lowest BCUT2D eigenvalue weighted by Gasteiger charge is -2.07. The van der Waals surface area contributed by atoms with E-state index in [2.05, 4.69) is 5.32 Å². The zero-order chi connectivity index (χ0) is 16.9. The number of sulfone groups is 1. The summed E-state index contributed by atoms with van der Waals surface area (Å²) in [7, 11) is -2.37. The molecule has 0 atom stereocenters. The summed E-state index contributed by atoms with van der Waals surface area (Å²) in [6.07, 6.45) is 1.14. The highest BCUT2D eigenvalue weighted by atomic mass is 35.5. The van der Waals surface area contributed by atoms with Crippen LogP contribution in [0.4, 0.5) is 5.69 Å². The first kappa shape index (κ1) is 16.9. The molecule has 2 rings (SSSR count). The number of hydrogen-bond donors (Lipinski definition) is 1. The van der Waals surface area contributed by atoms with Crippen molar-refractivity contribution in [3.63, 3.8) is 0 Å². The van der Waals surface area contributed by atoms with Crippen molar-refractivity contribution in [3.8, 4) is 11.8 Å². The van der Waals surface area contributed by atoms with Crippen LogP contribution in [0.2, 0.25) is 5.02 Å². The van der Waals surface area contributed by atoms with Gasteiger partial charge in [0.1, 0.15) is 11.8 Å². The van der Waals surface area contributed by atoms with Gasteiger partial charge in [0.25, 0.3) is 0 Å². The van der Waals surface area contributed by atoms with Crippen LogP contribution in [-0.2, 0) is 9.84 Å². The fourth-order valence-corrected chi connectivity index (χ4v) is 3.16. The van der Waals surface area contributed by atoms with Crippen LogP contribution in [0, 0.1) is 11.3 Å². The molecule has 1 N–H and O–H groups in total. The maximum Gasteiger partial charge on any atom is 0.218 e. The van der Waals surface area contributed by atoms with Crippen molar-refractivity contribution in [1.29, 1.82) is 5.26 Å². The lowest BCUT2D eigenvalue weighted by atomic mass is 10.3. The quantitative estimate of drug-likeness (QED) is 0.835. The third kappa shape index (κ3) is 3.83. The first-order valence-electron chi connectivity index (χ1n) is 6.49. The molecular formula is C16H13ClN2O3S. The van der Waals surface area contributed by atoms with Gasteiger partial charge in [-0.3, -0.25) is 0 Å². The molecule has 0 unspecified atom stereocenters. The van der Waals surface area contributed by atoms with Crippen molar-refractivity contribution in [2.75, 3.05) is 12.4 Å². The van der Waals surface area contributed by atoms with E-state index in [1.165, 1.54) is 19.2 Å². The standard InChI is InChI=1S/C16H13ClN2O3S/c1-22-16-8-7-12(9-15(16)17)19-11-14(10-18)23(20,21)13-5-3-2-4-6-13/h2-9,11,19H,1H3/b14-11+. The predicted molar refractivity (Wildman–Crippen MR) is 89.0 cm³/mol. The number of anilines is 1. The van der Waals surface area contributed by atoms with Gasteiger partial charge in [-0.15, -0.1) is 0 Å². The minimum absolute atomic E-state index is 0.0577. The highest BCUT2D eigenvalue weighted by Crippen LogP contribution is 2.27. The Bertz CT molecular complexity index is 872. The number of benzene rings is 2. The van der Waals surface area contributed by atoms with E-state index < -0.39 is 14.7 Å². The number of nitriles is 1. The van der Waals surface area contributed by atoms with Crippen LogP contribution in [0.5, 0.6) is 5.75 Å². The largest absolute Gasteiger partial charge is 0.495 e. The minimum Gasteiger partial charge on any atom is -0.495 e. The molecule has 0 aliphatic carbocycles. The van der Waals surface area contributed by atoms with Gasteiger partial charge in [0.15, 0.2) is 4.91 Å². The van der Waals surface area contributed by atoms with Gasteiger partial charge < -0.3 is 10.1 Å². The van der Waals surface area contributed by atoms with Crippen LogP contribution >= 0.6 is 11.6 Å². The Balaban J connectivity index is 2.30. The molecule has 0 amide bonds. The van der Waals surface area contributed by atoms with E-state index in [9.17, 15) is 8.42 Å². The summed E-state index contributed by atoms with van der Waals surface area (Å²) in [5.41, 5.74) is 0.534. The molecule has 2 aromatic carbocycles. The Morgan fingerprint density at radius 1 is 1.26 bits per heavy atom. The molecule has 0 spiro atoms. The van der Waals surface area contributed by atoms with Crippen LogP contribution in [0.15, 0.2) is 64.5 Å². The molecule has 0 aromatic heterocycles. The number of nitrogens with zero attached hydrogens (tertiary/aromatic N) is 1. The fourth-order valence-electron chi connectivity index (χ4n) is 1.80. The molecule has 5 nitrogen and oxygen atoms in total. The van der Waals surface area contributed by atoms with E-state index in [-0.39, 0.29) is 4.90 Å². The molecule has 7 heteroatoms. The van der Waals surface area contributed by atoms with Crippen molar-refractivity contribution in [2.45, 2.75) is 4.90 Å². The molecule has 0 saturated heterocycles. The number of methoxy groups -OCH3 is 1. The molecule has 2 aromatic rings. The highest BCUT2D eigenvalue weighted by Gasteiger charge is 2.20. The Hall–Kier alpha value is -2.49. The SMILES string of the molecule is COc1ccc(N/C=C(\C#N)S(=O)(=O)c2ccccc2)cc1Cl. The van der Waals surface area contributed by atoms with Gasteiger partial charge in [0, 0.05) is 11.9 Å². The summed E-state index contributed by atoms with van der Waals surface area (Å²) in [6.45, 7) is 0. The van der Waals surface area contributed by atoms with E-state index in [4.69, 9.17) is 21.6 Å². The summed E-state index contributed by atoms with van der Waals surface area (Å²) >= 11 is 6.00. The number of hydrogen-bond acceptors (Lipinski definition) is 5. The van der Waals surface area contributed by atoms with Gasteiger partial charge in [0.05, 0.1) is 17.0 Å². The van der Waals surface area contributed by atoms with Gasteiger partial charge in [-0.05, 0) is 30.3 Å². The lowest BCUT2D eigenvalue weighted by molar-refractivity contribution is 0.415. The summed E-state index contributed by atoms with van der Waals surface area (Å²) in [5, 5.41) is 12.3. The van der Waals surface area contributed by atoms with E-state index in [0.29, 0.717) is 16.5 Å². The molecule has 0 fully saturated rings. The minimum atomic E-state index is -3.86. The Morgan fingerprint density at radius 2 is 1.96 bits per heavy atom. The first-order chi connectivity index (χ1) is 11.0. The molecule has 0 aliphatic rings. The highest BCUT2D eigenvalue weighted by molar-refractivity contribution is 7.95. The number of rotatable bonds is 5. The average Bonchev–Trinajstić information content (AvgIpc) is 2.56. The zero-order valence-electron chi connectivity index (χ0n) is 12.2. The van der Waals surface area contributed by atoms with E-state index >= 15 is 0 Å². The summed E-state index contributed by atoms with van der Waals surface area (Å²) < 4.78 is 29.8. The van der Waals surface area contributed by atoms with Crippen LogP contribution in [0.25, 0.3) is 0 Å². The Kier molecular flexibility index (Phi) is 5.27. The van der Waals surface area contributed by atoms with Crippen molar-refractivity contribution in [3.05, 3.63) is 64.7 Å². The maximum absolute atomic E-state index is 12.4. The zero-order valence-corrected chi connectivity index (χ0v) is 13.7. The molecule has 0 heterocycles. The topological polar surface area (TPSA) is 79.2 Å². The number of ether oxygens (including phenoxy) is 1. The van der Waals surface area contributed by atoms with Crippen LogP contribution in [-0.4, -0.2) is 15.5 Å².